The highest BCUT2D eigenvalue weighted by Gasteiger charge is 2.37. The second-order valence-electron chi connectivity index (χ2n) is 8.81. The van der Waals surface area contributed by atoms with Crippen LogP contribution >= 0.6 is 0 Å². The van der Waals surface area contributed by atoms with E-state index >= 15 is 0 Å². The van der Waals surface area contributed by atoms with Gasteiger partial charge in [0, 0.05) is 48.7 Å². The molecule has 2 aliphatic rings. The van der Waals surface area contributed by atoms with Gasteiger partial charge in [0.2, 0.25) is 0 Å². The quantitative estimate of drug-likeness (QED) is 0.568. The average molecular weight is 469 g/mol. The van der Waals surface area contributed by atoms with Crippen LogP contribution in [0.1, 0.15) is 5.56 Å². The highest BCUT2D eigenvalue weighted by Crippen LogP contribution is 2.33. The predicted molar refractivity (Wildman–Crippen MR) is 129 cm³/mol. The van der Waals surface area contributed by atoms with Crippen molar-refractivity contribution < 1.29 is 17.9 Å². The van der Waals surface area contributed by atoms with Gasteiger partial charge >= 0.3 is 0 Å². The average Bonchev–Trinajstić information content (AvgIpc) is 2.93. The van der Waals surface area contributed by atoms with Gasteiger partial charge in [-0.05, 0) is 29.8 Å². The molecule has 0 amide bonds. The first-order chi connectivity index (χ1) is 15.9. The maximum Gasteiger partial charge on any atom is 0.180 e. The molecule has 0 unspecified atom stereocenters. The predicted octanol–water partition coefficient (Wildman–Crippen LogP) is 2.42. The number of ether oxygens (including phenoxy) is 2. The van der Waals surface area contributed by atoms with Gasteiger partial charge in [-0.15, -0.1) is 0 Å². The number of rotatable bonds is 6. The lowest BCUT2D eigenvalue weighted by atomic mass is 9.86. The van der Waals surface area contributed by atoms with E-state index in [2.05, 4.69) is 5.32 Å². The molecule has 0 saturated carbocycles. The third kappa shape index (κ3) is 4.12. The van der Waals surface area contributed by atoms with Crippen molar-refractivity contribution >= 4 is 32.2 Å². The third-order valence-corrected chi connectivity index (χ3v) is 8.31. The zero-order valence-corrected chi connectivity index (χ0v) is 19.4. The van der Waals surface area contributed by atoms with Gasteiger partial charge < -0.3 is 25.4 Å². The van der Waals surface area contributed by atoms with Crippen molar-refractivity contribution in [2.45, 2.75) is 11.4 Å². The fourth-order valence-electron chi connectivity index (χ4n) is 4.37. The molecule has 0 spiro atoms. The Kier molecular flexibility index (Phi) is 5.64. The molecule has 1 fully saturated rings. The van der Waals surface area contributed by atoms with E-state index in [0.29, 0.717) is 55.6 Å². The van der Waals surface area contributed by atoms with Crippen LogP contribution in [0.5, 0.6) is 5.75 Å². The molecule has 3 aromatic rings. The van der Waals surface area contributed by atoms with Crippen LogP contribution in [0.3, 0.4) is 0 Å². The van der Waals surface area contributed by atoms with Gasteiger partial charge in [-0.3, -0.25) is 0 Å². The number of nitrogens with one attached hydrogen (secondary N) is 1. The summed E-state index contributed by atoms with van der Waals surface area (Å²) in [4.78, 5) is 7.25. The second-order valence-corrected chi connectivity index (χ2v) is 10.9. The molecule has 1 saturated heterocycles. The Balaban J connectivity index is 1.52. The van der Waals surface area contributed by atoms with E-state index in [1.807, 2.05) is 35.2 Å². The zero-order chi connectivity index (χ0) is 23.1. The zero-order valence-electron chi connectivity index (χ0n) is 18.6. The number of hydrogen-bond donors (Lipinski definition) is 2. The molecular weight excluding hydrogens is 440 g/mol. The summed E-state index contributed by atoms with van der Waals surface area (Å²) >= 11 is 0. The molecule has 1 aromatic heterocycles. The van der Waals surface area contributed by atoms with E-state index in [1.54, 1.807) is 25.3 Å². The molecule has 0 aliphatic carbocycles. The monoisotopic (exact) mass is 468 g/mol. The van der Waals surface area contributed by atoms with E-state index < -0.39 is 9.84 Å². The summed E-state index contributed by atoms with van der Waals surface area (Å²) in [7, 11) is -1.82. The van der Waals surface area contributed by atoms with Crippen LogP contribution in [0.25, 0.3) is 10.9 Å². The number of anilines is 2. The Morgan fingerprint density at radius 2 is 2.03 bits per heavy atom. The molecule has 8 nitrogen and oxygen atoms in total. The number of benzene rings is 2. The summed E-state index contributed by atoms with van der Waals surface area (Å²) in [5.41, 5.74) is 8.45. The van der Waals surface area contributed by atoms with Gasteiger partial charge in [0.15, 0.2) is 9.84 Å². The van der Waals surface area contributed by atoms with Crippen LogP contribution < -0.4 is 20.7 Å². The Morgan fingerprint density at radius 3 is 2.76 bits per heavy atom. The standard InChI is InChI=1S/C24H28N4O4S/c1-31-18-6-7-22-17(10-18)12-28(8-9-33(22,29)30)23-11-21(19-4-2-3-5-20(19)27-23)26-14-24(13-25)15-32-16-24/h2-7,10-11H,8-9,12-16,25H2,1H3,(H,26,27). The fourth-order valence-corrected chi connectivity index (χ4v) is 5.84. The highest BCUT2D eigenvalue weighted by atomic mass is 32.2. The van der Waals surface area contributed by atoms with Crippen LogP contribution in [-0.4, -0.2) is 59.1 Å². The summed E-state index contributed by atoms with van der Waals surface area (Å²) in [6.45, 7) is 3.33. The molecule has 2 aromatic carbocycles. The van der Waals surface area contributed by atoms with Gasteiger partial charge in [0.1, 0.15) is 11.6 Å². The van der Waals surface area contributed by atoms with Gasteiger partial charge in [0.05, 0.1) is 36.5 Å². The summed E-state index contributed by atoms with van der Waals surface area (Å²) in [6.07, 6.45) is 0. The van der Waals surface area contributed by atoms with Crippen molar-refractivity contribution in [1.82, 2.24) is 4.98 Å². The minimum absolute atomic E-state index is 0.0250. The van der Waals surface area contributed by atoms with E-state index in [-0.39, 0.29) is 11.2 Å². The minimum Gasteiger partial charge on any atom is -0.497 e. The van der Waals surface area contributed by atoms with Gasteiger partial charge in [-0.25, -0.2) is 13.4 Å². The molecule has 174 valence electrons. The number of aromatic nitrogens is 1. The van der Waals surface area contributed by atoms with Gasteiger partial charge in [-0.2, -0.15) is 0 Å². The lowest BCUT2D eigenvalue weighted by Crippen LogP contribution is -2.52. The van der Waals surface area contributed by atoms with E-state index in [0.717, 1.165) is 22.4 Å². The number of nitrogens with zero attached hydrogens (tertiary/aromatic N) is 2. The minimum atomic E-state index is -3.39. The van der Waals surface area contributed by atoms with E-state index in [1.165, 1.54) is 0 Å². The summed E-state index contributed by atoms with van der Waals surface area (Å²) < 4.78 is 36.6. The molecule has 0 radical (unpaired) electrons. The first-order valence-electron chi connectivity index (χ1n) is 11.0. The summed E-state index contributed by atoms with van der Waals surface area (Å²) in [5, 5.41) is 4.58. The largest absolute Gasteiger partial charge is 0.497 e. The van der Waals surface area contributed by atoms with Crippen molar-refractivity contribution in [3.63, 3.8) is 0 Å². The van der Waals surface area contributed by atoms with E-state index in [9.17, 15) is 8.42 Å². The Hall–Kier alpha value is -2.88. The van der Waals surface area contributed by atoms with Crippen LogP contribution in [0.2, 0.25) is 0 Å². The SMILES string of the molecule is COc1ccc2c(c1)CN(c1cc(NCC3(CN)COC3)c3ccccc3n1)CCS2(=O)=O. The Bertz CT molecular complexity index is 1290. The lowest BCUT2D eigenvalue weighted by Gasteiger charge is -2.40. The number of hydrogen-bond acceptors (Lipinski definition) is 8. The second kappa shape index (κ2) is 8.48. The smallest absolute Gasteiger partial charge is 0.180 e. The molecule has 2 aliphatic heterocycles. The van der Waals surface area contributed by atoms with Crippen molar-refractivity contribution in [3.8, 4) is 5.75 Å². The molecule has 3 heterocycles. The van der Waals surface area contributed by atoms with Gasteiger partial charge in [-0.1, -0.05) is 18.2 Å². The summed E-state index contributed by atoms with van der Waals surface area (Å²) in [6, 6.07) is 15.1. The number of methoxy groups -OCH3 is 1. The Morgan fingerprint density at radius 1 is 1.21 bits per heavy atom. The molecular formula is C24H28N4O4S. The molecule has 0 atom stereocenters. The number of sulfone groups is 1. The maximum atomic E-state index is 12.9. The maximum absolute atomic E-state index is 12.9. The molecule has 0 bridgehead atoms. The molecule has 5 rings (SSSR count). The van der Waals surface area contributed by atoms with Crippen molar-refractivity contribution in [1.29, 1.82) is 0 Å². The van der Waals surface area contributed by atoms with Crippen LogP contribution in [-0.2, 0) is 21.1 Å². The van der Waals surface area contributed by atoms with Gasteiger partial charge in [0.25, 0.3) is 0 Å². The molecule has 33 heavy (non-hydrogen) atoms. The fraction of sp³-hybridized carbons (Fsp3) is 0.375. The molecule has 9 heteroatoms. The van der Waals surface area contributed by atoms with Crippen LogP contribution in [0, 0.1) is 5.41 Å². The van der Waals surface area contributed by atoms with Crippen LogP contribution in [0.15, 0.2) is 53.4 Å². The highest BCUT2D eigenvalue weighted by molar-refractivity contribution is 7.91. The van der Waals surface area contributed by atoms with Crippen molar-refractivity contribution in [2.75, 3.05) is 55.9 Å². The first-order valence-corrected chi connectivity index (χ1v) is 12.6. The number of nitrogens with two attached hydrogens (primary N) is 1. The third-order valence-electron chi connectivity index (χ3n) is 6.52. The normalized spacial score (nSPS) is 18.8. The topological polar surface area (TPSA) is 107 Å². The Labute approximate surface area is 193 Å². The summed E-state index contributed by atoms with van der Waals surface area (Å²) in [5.74, 6) is 1.39. The van der Waals surface area contributed by atoms with Crippen LogP contribution in [0.4, 0.5) is 11.5 Å². The van der Waals surface area contributed by atoms with E-state index in [4.69, 9.17) is 20.2 Å². The van der Waals surface area contributed by atoms with Crippen molar-refractivity contribution in [3.05, 3.63) is 54.1 Å². The number of fused-ring (bicyclic) bond motifs is 2. The first kappa shape index (κ1) is 21.9. The number of para-hydroxylation sites is 1. The van der Waals surface area contributed by atoms with Crippen molar-refractivity contribution in [2.24, 2.45) is 11.1 Å². The molecule has 3 N–H and O–H groups in total. The lowest BCUT2D eigenvalue weighted by molar-refractivity contribution is -0.0979. The number of pyridine rings is 1.